The summed E-state index contributed by atoms with van der Waals surface area (Å²) >= 11 is 0. The highest BCUT2D eigenvalue weighted by atomic mass is 16.7. The summed E-state index contributed by atoms with van der Waals surface area (Å²) in [6.45, 7) is 3.15. The van der Waals surface area contributed by atoms with E-state index in [9.17, 15) is 35.7 Å². The maximum atomic E-state index is 10.5. The van der Waals surface area contributed by atoms with Crippen molar-refractivity contribution in [3.8, 4) is 23.0 Å². The molecular formula is C32H44O14. The maximum Gasteiger partial charge on any atom is 0.229 e. The number of rotatable bonds is 11. The summed E-state index contributed by atoms with van der Waals surface area (Å²) in [5, 5.41) is 71.1. The first-order chi connectivity index (χ1) is 22.0. The molecule has 46 heavy (non-hydrogen) atoms. The van der Waals surface area contributed by atoms with Crippen molar-refractivity contribution in [2.75, 3.05) is 27.4 Å². The van der Waals surface area contributed by atoms with Crippen molar-refractivity contribution in [1.82, 2.24) is 0 Å². The Labute approximate surface area is 266 Å². The van der Waals surface area contributed by atoms with Crippen molar-refractivity contribution in [2.24, 2.45) is 0 Å². The molecule has 0 saturated carbocycles. The second kappa shape index (κ2) is 14.6. The number of benzene rings is 2. The SMILES string of the molecule is COc1cc([C@H]2Oc3c(OC)cc(CCCO[C@@H]4O[C@@H](C)[C@H](O)[C@@H](O)[C@H]4O)cc3[C@@H]2CO)ccc1O[C@@H]1O[C@@H](C)[C@H](O)[C@@H](O)[C@H]1O. The highest BCUT2D eigenvalue weighted by Gasteiger charge is 2.44. The molecule has 256 valence electrons. The van der Waals surface area contributed by atoms with E-state index in [0.717, 1.165) is 11.1 Å². The fourth-order valence-electron chi connectivity index (χ4n) is 6.07. The molecule has 5 rings (SSSR count). The molecule has 0 unspecified atom stereocenters. The molecule has 3 aliphatic rings. The molecule has 2 aromatic rings. The van der Waals surface area contributed by atoms with Gasteiger partial charge in [0.05, 0.1) is 45.6 Å². The number of hydrogen-bond acceptors (Lipinski definition) is 14. The van der Waals surface area contributed by atoms with Crippen molar-refractivity contribution in [2.45, 2.75) is 100 Å². The molecule has 2 fully saturated rings. The maximum absolute atomic E-state index is 10.5. The Morgan fingerprint density at radius 1 is 0.717 bits per heavy atom. The van der Waals surface area contributed by atoms with Crippen LogP contribution >= 0.6 is 0 Å². The van der Waals surface area contributed by atoms with Gasteiger partial charge in [-0.25, -0.2) is 0 Å². The van der Waals surface area contributed by atoms with Gasteiger partial charge in [-0.2, -0.15) is 0 Å². The third-order valence-corrected chi connectivity index (χ3v) is 8.84. The lowest BCUT2D eigenvalue weighted by Gasteiger charge is -2.39. The summed E-state index contributed by atoms with van der Waals surface area (Å²) in [7, 11) is 2.98. The van der Waals surface area contributed by atoms with E-state index in [-0.39, 0.29) is 19.0 Å². The molecule has 0 amide bonds. The predicted molar refractivity (Wildman–Crippen MR) is 159 cm³/mol. The molecule has 14 heteroatoms. The Balaban J connectivity index is 1.27. The quantitative estimate of drug-likeness (QED) is 0.158. The zero-order chi connectivity index (χ0) is 33.3. The minimum atomic E-state index is -1.49. The van der Waals surface area contributed by atoms with E-state index < -0.39 is 73.4 Å². The van der Waals surface area contributed by atoms with Gasteiger partial charge in [0.15, 0.2) is 29.3 Å². The lowest BCUT2D eigenvalue weighted by Crippen LogP contribution is -2.58. The summed E-state index contributed by atoms with van der Waals surface area (Å²) < 4.78 is 40.1. The van der Waals surface area contributed by atoms with Crippen LogP contribution in [0.4, 0.5) is 0 Å². The van der Waals surface area contributed by atoms with Gasteiger partial charge in [0, 0.05) is 5.56 Å². The first-order valence-electron chi connectivity index (χ1n) is 15.3. The van der Waals surface area contributed by atoms with Crippen LogP contribution in [0, 0.1) is 0 Å². The molecule has 2 saturated heterocycles. The van der Waals surface area contributed by atoms with Crippen LogP contribution in [0.5, 0.6) is 23.0 Å². The lowest BCUT2D eigenvalue weighted by molar-refractivity contribution is -0.293. The second-order valence-electron chi connectivity index (χ2n) is 11.9. The minimum absolute atomic E-state index is 0.217. The Morgan fingerprint density at radius 2 is 1.35 bits per heavy atom. The van der Waals surface area contributed by atoms with Gasteiger partial charge in [0.2, 0.25) is 6.29 Å². The van der Waals surface area contributed by atoms with Crippen molar-refractivity contribution in [3.63, 3.8) is 0 Å². The number of ether oxygens (including phenoxy) is 7. The number of aliphatic hydroxyl groups is 7. The Morgan fingerprint density at radius 3 is 1.98 bits per heavy atom. The molecular weight excluding hydrogens is 608 g/mol. The van der Waals surface area contributed by atoms with Gasteiger partial charge in [-0.3, -0.25) is 0 Å². The number of aryl methyl sites for hydroxylation is 1. The highest BCUT2D eigenvalue weighted by molar-refractivity contribution is 5.56. The van der Waals surface area contributed by atoms with Crippen LogP contribution in [0.3, 0.4) is 0 Å². The normalized spacial score (nSPS) is 35.7. The lowest BCUT2D eigenvalue weighted by atomic mass is 9.90. The summed E-state index contributed by atoms with van der Waals surface area (Å²) in [5.41, 5.74) is 2.35. The summed E-state index contributed by atoms with van der Waals surface area (Å²) in [5.74, 6) is 1.09. The van der Waals surface area contributed by atoms with E-state index in [4.69, 9.17) is 33.2 Å². The third kappa shape index (κ3) is 6.78. The molecule has 14 nitrogen and oxygen atoms in total. The smallest absolute Gasteiger partial charge is 0.229 e. The van der Waals surface area contributed by atoms with Gasteiger partial charge in [0.25, 0.3) is 0 Å². The van der Waals surface area contributed by atoms with Crippen molar-refractivity contribution >= 4 is 0 Å². The molecule has 0 spiro atoms. The van der Waals surface area contributed by atoms with Crippen LogP contribution < -0.4 is 18.9 Å². The molecule has 0 aliphatic carbocycles. The van der Waals surface area contributed by atoms with E-state index in [1.165, 1.54) is 14.2 Å². The van der Waals surface area contributed by atoms with Crippen LogP contribution in [0.1, 0.15) is 49.0 Å². The van der Waals surface area contributed by atoms with Gasteiger partial charge in [0.1, 0.15) is 42.7 Å². The fourth-order valence-corrected chi connectivity index (χ4v) is 6.07. The first-order valence-corrected chi connectivity index (χ1v) is 15.3. The molecule has 3 aliphatic heterocycles. The van der Waals surface area contributed by atoms with Crippen molar-refractivity contribution in [1.29, 1.82) is 0 Å². The summed E-state index contributed by atoms with van der Waals surface area (Å²) in [6.07, 6.45) is -11.4. The van der Waals surface area contributed by atoms with E-state index in [1.807, 2.05) is 12.1 Å². The average Bonchev–Trinajstić information content (AvgIpc) is 3.44. The van der Waals surface area contributed by atoms with Gasteiger partial charge < -0.3 is 68.9 Å². The van der Waals surface area contributed by atoms with Gasteiger partial charge in [-0.1, -0.05) is 12.1 Å². The summed E-state index contributed by atoms with van der Waals surface area (Å²) in [6, 6.07) is 8.85. The molecule has 0 bridgehead atoms. The standard InChI is InChI=1S/C32H44O14/c1-14-23(34)25(36)27(38)31(43-14)42-9-5-6-16-10-18-19(13-33)29(46-30(18)22(11-16)41-4)17-7-8-20(21(12-17)40-3)45-32-28(39)26(37)24(35)15(2)44-32/h7-8,10-12,14-15,19,23-29,31-39H,5-6,9,13H2,1-4H3/t14-,15-,19-,23-,24-,25+,26+,27+,28+,29+,31+,32-/m0/s1. The number of aliphatic hydroxyl groups excluding tert-OH is 7. The largest absolute Gasteiger partial charge is 0.493 e. The van der Waals surface area contributed by atoms with Crippen molar-refractivity contribution < 1.29 is 68.9 Å². The third-order valence-electron chi connectivity index (χ3n) is 8.84. The first kappa shape index (κ1) is 34.6. The molecule has 3 heterocycles. The van der Waals surface area contributed by atoms with E-state index >= 15 is 0 Å². The molecule has 7 N–H and O–H groups in total. The monoisotopic (exact) mass is 652 g/mol. The summed E-state index contributed by atoms with van der Waals surface area (Å²) in [4.78, 5) is 0. The Bertz CT molecular complexity index is 1320. The van der Waals surface area contributed by atoms with Crippen LogP contribution in [-0.2, 0) is 20.6 Å². The molecule has 12 atom stereocenters. The average molecular weight is 653 g/mol. The number of fused-ring (bicyclic) bond motifs is 1. The van der Waals surface area contributed by atoms with Crippen LogP contribution in [0.25, 0.3) is 0 Å². The fraction of sp³-hybridized carbons (Fsp3) is 0.625. The minimum Gasteiger partial charge on any atom is -0.493 e. The molecule has 0 radical (unpaired) electrons. The topological polar surface area (TPSA) is 206 Å². The Kier molecular flexibility index (Phi) is 10.9. The zero-order valence-corrected chi connectivity index (χ0v) is 26.1. The van der Waals surface area contributed by atoms with Gasteiger partial charge in [-0.15, -0.1) is 0 Å². The number of methoxy groups -OCH3 is 2. The van der Waals surface area contributed by atoms with Crippen LogP contribution in [0.15, 0.2) is 30.3 Å². The van der Waals surface area contributed by atoms with Crippen molar-refractivity contribution in [3.05, 3.63) is 47.0 Å². The second-order valence-corrected chi connectivity index (χ2v) is 11.9. The predicted octanol–water partition coefficient (Wildman–Crippen LogP) is -0.104. The number of hydrogen-bond donors (Lipinski definition) is 7. The van der Waals surface area contributed by atoms with Crippen LogP contribution in [0.2, 0.25) is 0 Å². The van der Waals surface area contributed by atoms with E-state index in [2.05, 4.69) is 0 Å². The zero-order valence-electron chi connectivity index (χ0n) is 26.1. The van der Waals surface area contributed by atoms with Gasteiger partial charge in [-0.05, 0) is 56.0 Å². The highest BCUT2D eigenvalue weighted by Crippen LogP contribution is 2.51. The van der Waals surface area contributed by atoms with E-state index in [1.54, 1.807) is 32.0 Å². The van der Waals surface area contributed by atoms with Crippen LogP contribution in [-0.4, -0.2) is 125 Å². The molecule has 0 aromatic heterocycles. The molecule has 2 aromatic carbocycles. The van der Waals surface area contributed by atoms with Gasteiger partial charge >= 0.3 is 0 Å². The Hall–Kier alpha value is -2.76. The van der Waals surface area contributed by atoms with E-state index in [0.29, 0.717) is 35.7 Å².